The third kappa shape index (κ3) is 9.04. The van der Waals surface area contributed by atoms with Crippen LogP contribution in [0.25, 0.3) is 0 Å². The Balaban J connectivity index is 1.37. The van der Waals surface area contributed by atoms with Crippen molar-refractivity contribution in [2.75, 3.05) is 38.3 Å². The number of unbranched alkanes of at least 4 members (excludes halogenated alkanes) is 2. The number of nitrogens with one attached hydrogen (secondary N) is 1. The van der Waals surface area contributed by atoms with E-state index in [1.165, 1.54) is 6.26 Å². The lowest BCUT2D eigenvalue weighted by atomic mass is 10.00. The van der Waals surface area contributed by atoms with Crippen molar-refractivity contribution in [2.45, 2.75) is 91.0 Å². The second-order valence-corrected chi connectivity index (χ2v) is 9.54. The minimum absolute atomic E-state index is 0.0115. The fourth-order valence-corrected chi connectivity index (χ4v) is 4.50. The molecule has 1 aromatic rings. The molecule has 2 atom stereocenters. The van der Waals surface area contributed by atoms with E-state index in [1.54, 1.807) is 6.92 Å². The van der Waals surface area contributed by atoms with Gasteiger partial charge in [0, 0.05) is 24.4 Å². The fraction of sp³-hybridized carbons (Fsp3) is 0.655. The zero-order chi connectivity index (χ0) is 26.5. The van der Waals surface area contributed by atoms with Gasteiger partial charge in [-0.2, -0.15) is 0 Å². The molecule has 2 unspecified atom stereocenters. The summed E-state index contributed by atoms with van der Waals surface area (Å²) in [5.74, 6) is 1.24. The largest absolute Gasteiger partial charge is 0.494 e. The van der Waals surface area contributed by atoms with Crippen molar-refractivity contribution < 1.29 is 33.3 Å². The highest BCUT2D eigenvalue weighted by atomic mass is 16.7. The first-order chi connectivity index (χ1) is 18.0. The lowest BCUT2D eigenvalue weighted by Gasteiger charge is -2.26. The summed E-state index contributed by atoms with van der Waals surface area (Å²) in [7, 11) is 0. The standard InChI is InChI=1S/C29H43NO7/c1-4-11-24-25(30-5-2)14-13-23(21(3)31)29(24)35-17-9-6-8-15-33-22-18-26(32)27(36-19-22)20-37-28-12-7-10-16-34-28/h13-14,19,27-28,30H,4-12,15-18,20H2,1-3H3. The van der Waals surface area contributed by atoms with Crippen LogP contribution in [0, 0.1) is 0 Å². The van der Waals surface area contributed by atoms with E-state index in [0.29, 0.717) is 36.9 Å². The third-order valence-corrected chi connectivity index (χ3v) is 6.47. The van der Waals surface area contributed by atoms with Crippen molar-refractivity contribution in [3.8, 4) is 5.75 Å². The summed E-state index contributed by atoms with van der Waals surface area (Å²) in [5.41, 5.74) is 2.74. The Labute approximate surface area is 221 Å². The van der Waals surface area contributed by atoms with Gasteiger partial charge in [0.05, 0.1) is 31.8 Å². The molecule has 0 radical (unpaired) electrons. The molecule has 2 aliphatic rings. The van der Waals surface area contributed by atoms with Crippen LogP contribution >= 0.6 is 0 Å². The van der Waals surface area contributed by atoms with E-state index in [0.717, 1.165) is 69.2 Å². The van der Waals surface area contributed by atoms with Gasteiger partial charge in [0.1, 0.15) is 17.8 Å². The molecule has 0 bridgehead atoms. The van der Waals surface area contributed by atoms with Crippen LogP contribution in [0.15, 0.2) is 24.2 Å². The SMILES string of the molecule is CCCc1c(NCC)ccc(C(C)=O)c1OCCCCCOC1=COC(COC2CCCCO2)C(=O)C1. The Morgan fingerprint density at radius 3 is 2.59 bits per heavy atom. The summed E-state index contributed by atoms with van der Waals surface area (Å²) >= 11 is 0. The average molecular weight is 518 g/mol. The Kier molecular flexibility index (Phi) is 12.2. The second kappa shape index (κ2) is 15.6. The first-order valence-corrected chi connectivity index (χ1v) is 13.8. The van der Waals surface area contributed by atoms with Crippen LogP contribution < -0.4 is 10.1 Å². The number of Topliss-reactive ketones (excluding diaryl/α,β-unsaturated/α-hetero) is 2. The van der Waals surface area contributed by atoms with Crippen molar-refractivity contribution in [2.24, 2.45) is 0 Å². The number of hydrogen-bond donors (Lipinski definition) is 1. The van der Waals surface area contributed by atoms with Crippen molar-refractivity contribution in [1.29, 1.82) is 0 Å². The van der Waals surface area contributed by atoms with Gasteiger partial charge in [-0.05, 0) is 70.9 Å². The topological polar surface area (TPSA) is 92.3 Å². The number of anilines is 1. The smallest absolute Gasteiger partial charge is 0.183 e. The van der Waals surface area contributed by atoms with Crippen LogP contribution in [0.5, 0.6) is 5.75 Å². The van der Waals surface area contributed by atoms with Gasteiger partial charge in [0.2, 0.25) is 0 Å². The van der Waals surface area contributed by atoms with E-state index in [-0.39, 0.29) is 30.9 Å². The van der Waals surface area contributed by atoms with Gasteiger partial charge in [0.15, 0.2) is 24.0 Å². The molecule has 37 heavy (non-hydrogen) atoms. The van der Waals surface area contributed by atoms with E-state index < -0.39 is 6.10 Å². The molecule has 1 fully saturated rings. The van der Waals surface area contributed by atoms with Crippen molar-refractivity contribution in [3.05, 3.63) is 35.3 Å². The van der Waals surface area contributed by atoms with Crippen molar-refractivity contribution >= 4 is 17.3 Å². The molecule has 1 saturated heterocycles. The van der Waals surface area contributed by atoms with Crippen LogP contribution in [0.4, 0.5) is 5.69 Å². The predicted octanol–water partition coefficient (Wildman–Crippen LogP) is 5.58. The number of carbonyl (C=O) groups excluding carboxylic acids is 2. The monoisotopic (exact) mass is 517 g/mol. The summed E-state index contributed by atoms with van der Waals surface area (Å²) < 4.78 is 28.7. The molecule has 0 saturated carbocycles. The minimum Gasteiger partial charge on any atom is -0.494 e. The normalized spacial score (nSPS) is 19.6. The minimum atomic E-state index is -0.599. The maximum absolute atomic E-state index is 12.4. The maximum atomic E-state index is 12.4. The van der Waals surface area contributed by atoms with Crippen LogP contribution in [-0.2, 0) is 30.2 Å². The first-order valence-electron chi connectivity index (χ1n) is 13.8. The second-order valence-electron chi connectivity index (χ2n) is 9.54. The number of hydrogen-bond acceptors (Lipinski definition) is 8. The first kappa shape index (κ1) is 29.0. The van der Waals surface area contributed by atoms with E-state index in [4.69, 9.17) is 23.7 Å². The van der Waals surface area contributed by atoms with Gasteiger partial charge in [-0.1, -0.05) is 13.3 Å². The summed E-state index contributed by atoms with van der Waals surface area (Å²) in [4.78, 5) is 24.6. The number of ether oxygens (including phenoxy) is 5. The molecule has 3 rings (SSSR count). The summed E-state index contributed by atoms with van der Waals surface area (Å²) in [6, 6.07) is 3.83. The molecule has 0 amide bonds. The summed E-state index contributed by atoms with van der Waals surface area (Å²) in [5, 5.41) is 3.38. The van der Waals surface area contributed by atoms with E-state index >= 15 is 0 Å². The van der Waals surface area contributed by atoms with Gasteiger partial charge < -0.3 is 29.0 Å². The van der Waals surface area contributed by atoms with Crippen molar-refractivity contribution in [1.82, 2.24) is 0 Å². The Hall–Kier alpha value is -2.58. The molecule has 0 aliphatic carbocycles. The van der Waals surface area contributed by atoms with Crippen LogP contribution in [0.3, 0.4) is 0 Å². The number of rotatable bonds is 16. The number of carbonyl (C=O) groups is 2. The molecule has 206 valence electrons. The number of allylic oxidation sites excluding steroid dienone is 1. The molecule has 8 heteroatoms. The van der Waals surface area contributed by atoms with Gasteiger partial charge in [-0.25, -0.2) is 0 Å². The average Bonchev–Trinajstić information content (AvgIpc) is 2.89. The number of ketones is 2. The molecule has 2 heterocycles. The zero-order valence-electron chi connectivity index (χ0n) is 22.6. The third-order valence-electron chi connectivity index (χ3n) is 6.47. The highest BCUT2D eigenvalue weighted by Gasteiger charge is 2.27. The van der Waals surface area contributed by atoms with Crippen LogP contribution in [-0.4, -0.2) is 56.9 Å². The molecule has 8 nitrogen and oxygen atoms in total. The Morgan fingerprint density at radius 2 is 1.92 bits per heavy atom. The van der Waals surface area contributed by atoms with Gasteiger partial charge >= 0.3 is 0 Å². The number of benzene rings is 1. The van der Waals surface area contributed by atoms with Gasteiger partial charge in [-0.15, -0.1) is 0 Å². The molecular formula is C29H43NO7. The van der Waals surface area contributed by atoms with E-state index in [1.807, 2.05) is 12.1 Å². The zero-order valence-corrected chi connectivity index (χ0v) is 22.6. The van der Waals surface area contributed by atoms with E-state index in [2.05, 4.69) is 19.2 Å². The lowest BCUT2D eigenvalue weighted by molar-refractivity contribution is -0.179. The van der Waals surface area contributed by atoms with E-state index in [9.17, 15) is 9.59 Å². The van der Waals surface area contributed by atoms with Crippen molar-refractivity contribution in [3.63, 3.8) is 0 Å². The van der Waals surface area contributed by atoms with Gasteiger partial charge in [0.25, 0.3) is 0 Å². The Morgan fingerprint density at radius 1 is 1.11 bits per heavy atom. The molecule has 0 spiro atoms. The molecule has 0 aromatic heterocycles. The highest BCUT2D eigenvalue weighted by Crippen LogP contribution is 2.33. The maximum Gasteiger partial charge on any atom is 0.183 e. The molecule has 2 aliphatic heterocycles. The molecule has 1 N–H and O–H groups in total. The highest BCUT2D eigenvalue weighted by molar-refractivity contribution is 5.98. The molecule has 1 aromatic carbocycles. The van der Waals surface area contributed by atoms with Gasteiger partial charge in [-0.3, -0.25) is 9.59 Å². The predicted molar refractivity (Wildman–Crippen MR) is 142 cm³/mol. The quantitative estimate of drug-likeness (QED) is 0.224. The van der Waals surface area contributed by atoms with Crippen LogP contribution in [0.2, 0.25) is 0 Å². The fourth-order valence-electron chi connectivity index (χ4n) is 4.50. The lowest BCUT2D eigenvalue weighted by Crippen LogP contribution is -2.34. The van der Waals surface area contributed by atoms with Crippen LogP contribution in [0.1, 0.15) is 88.1 Å². The molecular weight excluding hydrogens is 474 g/mol. The Bertz CT molecular complexity index is 908. The summed E-state index contributed by atoms with van der Waals surface area (Å²) in [6.45, 7) is 8.53. The summed E-state index contributed by atoms with van der Waals surface area (Å²) in [6.07, 6.45) is 8.32.